The van der Waals surface area contributed by atoms with E-state index >= 15 is 0 Å². The van der Waals surface area contributed by atoms with E-state index in [0.717, 1.165) is 5.56 Å². The summed E-state index contributed by atoms with van der Waals surface area (Å²) < 4.78 is 0. The molecule has 0 bridgehead atoms. The molecule has 190 valence electrons. The number of benzene rings is 1. The Morgan fingerprint density at radius 1 is 1.23 bits per heavy atom. The molecule has 0 radical (unpaired) electrons. The average molecular weight is 542 g/mol. The Bertz CT molecular complexity index is 1070. The Hall–Kier alpha value is -1.78. The van der Waals surface area contributed by atoms with Gasteiger partial charge >= 0.3 is 5.97 Å². The number of carboxylic acids is 1. The molecular formula is C24H29Cl2N3O5S. The van der Waals surface area contributed by atoms with Gasteiger partial charge in [0.25, 0.3) is 0 Å². The molecule has 0 saturated carbocycles. The average Bonchev–Trinajstić information content (AvgIpc) is 3.23. The summed E-state index contributed by atoms with van der Waals surface area (Å²) in [5.74, 6) is -2.35. The van der Waals surface area contributed by atoms with Crippen molar-refractivity contribution in [3.05, 3.63) is 44.4 Å². The van der Waals surface area contributed by atoms with Crippen molar-refractivity contribution < 1.29 is 24.6 Å². The van der Waals surface area contributed by atoms with Gasteiger partial charge < -0.3 is 20.0 Å². The van der Waals surface area contributed by atoms with Gasteiger partial charge in [-0.3, -0.25) is 14.5 Å². The molecule has 2 fully saturated rings. The van der Waals surface area contributed by atoms with E-state index in [0.29, 0.717) is 34.5 Å². The Balaban J connectivity index is 1.59. The molecule has 11 heteroatoms. The standard InChI is InChI=1S/C24H29Cl2N3O5S/c1-11-19-18(12(2)30)23(32)29(19)20(24(33)34)21(11)35-16-8-17(22(31)27(3)4)28(10-16)9-13-5-14(25)7-15(26)6-13/h5-7,11-12,16-19,30H,8-10H2,1-4H3,(H,33,34)/t11-,12-,16+,17+,18-,19-/m1/s1. The number of halogens is 2. The van der Waals surface area contributed by atoms with Crippen LogP contribution >= 0.6 is 35.0 Å². The first kappa shape index (κ1) is 26.3. The van der Waals surface area contributed by atoms with Gasteiger partial charge in [0.2, 0.25) is 11.8 Å². The Morgan fingerprint density at radius 2 is 1.86 bits per heavy atom. The van der Waals surface area contributed by atoms with E-state index in [-0.39, 0.29) is 40.8 Å². The van der Waals surface area contributed by atoms with Crippen LogP contribution in [0.3, 0.4) is 0 Å². The molecule has 0 aromatic heterocycles. The van der Waals surface area contributed by atoms with Gasteiger partial charge in [-0.2, -0.15) is 0 Å². The molecule has 0 aliphatic carbocycles. The van der Waals surface area contributed by atoms with Crippen molar-refractivity contribution >= 4 is 52.7 Å². The van der Waals surface area contributed by atoms with Gasteiger partial charge in [0.1, 0.15) is 5.70 Å². The van der Waals surface area contributed by atoms with Crippen molar-refractivity contribution in [3.8, 4) is 0 Å². The molecule has 2 saturated heterocycles. The van der Waals surface area contributed by atoms with Crippen molar-refractivity contribution in [2.45, 2.75) is 50.3 Å². The minimum Gasteiger partial charge on any atom is -0.477 e. The van der Waals surface area contributed by atoms with E-state index in [4.69, 9.17) is 23.2 Å². The fraction of sp³-hybridized carbons (Fsp3) is 0.542. The highest BCUT2D eigenvalue weighted by molar-refractivity contribution is 8.03. The molecule has 6 atom stereocenters. The second kappa shape index (κ2) is 9.94. The molecule has 8 nitrogen and oxygen atoms in total. The van der Waals surface area contributed by atoms with E-state index < -0.39 is 18.0 Å². The zero-order chi connectivity index (χ0) is 25.8. The Kier molecular flexibility index (Phi) is 7.46. The number of hydrogen-bond donors (Lipinski definition) is 2. The SMILES string of the molecule is C[C@@H](O)[C@H]1C(=O)N2C(C(=O)O)=C(S[C@H]3C[C@@H](C(=O)N(C)C)N(Cc4cc(Cl)cc(Cl)c4)C3)[C@H](C)[C@H]12. The molecule has 2 amide bonds. The van der Waals surface area contributed by atoms with Crippen LogP contribution in [0, 0.1) is 11.8 Å². The van der Waals surface area contributed by atoms with Gasteiger partial charge in [0, 0.05) is 53.3 Å². The molecule has 1 aromatic carbocycles. The normalized spacial score (nSPS) is 29.3. The number of likely N-dealkylation sites (N-methyl/N-ethyl adjacent to an activating group) is 1. The lowest BCUT2D eigenvalue weighted by molar-refractivity contribution is -0.163. The number of likely N-dealkylation sites (tertiary alicyclic amines) is 1. The first-order valence-corrected chi connectivity index (χ1v) is 13.1. The smallest absolute Gasteiger partial charge is 0.353 e. The van der Waals surface area contributed by atoms with Crippen LogP contribution in [0.4, 0.5) is 0 Å². The Morgan fingerprint density at radius 3 is 2.40 bits per heavy atom. The number of carboxylic acid groups (broad SMARTS) is 1. The zero-order valence-electron chi connectivity index (χ0n) is 19.9. The molecule has 3 aliphatic heterocycles. The number of aliphatic carboxylic acids is 1. The summed E-state index contributed by atoms with van der Waals surface area (Å²) in [6.07, 6.45) is -0.309. The van der Waals surface area contributed by atoms with Crippen molar-refractivity contribution in [3.63, 3.8) is 0 Å². The summed E-state index contributed by atoms with van der Waals surface area (Å²) in [6, 6.07) is 4.56. The molecule has 0 unspecified atom stereocenters. The third-order valence-electron chi connectivity index (χ3n) is 7.00. The van der Waals surface area contributed by atoms with E-state index in [2.05, 4.69) is 4.90 Å². The molecule has 35 heavy (non-hydrogen) atoms. The van der Waals surface area contributed by atoms with E-state index in [1.54, 1.807) is 32.0 Å². The predicted octanol–water partition coefficient (Wildman–Crippen LogP) is 2.91. The number of fused-ring (bicyclic) bond motifs is 1. The van der Waals surface area contributed by atoms with Crippen LogP contribution < -0.4 is 0 Å². The second-order valence-corrected chi connectivity index (χ2v) is 11.9. The van der Waals surface area contributed by atoms with Gasteiger partial charge in [-0.1, -0.05) is 30.1 Å². The minimum absolute atomic E-state index is 0.00459. The largest absolute Gasteiger partial charge is 0.477 e. The number of amides is 2. The monoisotopic (exact) mass is 541 g/mol. The van der Waals surface area contributed by atoms with Gasteiger partial charge in [-0.15, -0.1) is 11.8 Å². The van der Waals surface area contributed by atoms with Crippen molar-refractivity contribution in [2.24, 2.45) is 11.8 Å². The second-order valence-electron chi connectivity index (χ2n) is 9.70. The minimum atomic E-state index is -1.15. The number of thioether (sulfide) groups is 1. The number of carbonyl (C=O) groups excluding carboxylic acids is 2. The van der Waals surface area contributed by atoms with Gasteiger partial charge in [0.05, 0.1) is 24.1 Å². The summed E-state index contributed by atoms with van der Waals surface area (Å²) in [5, 5.41) is 21.0. The molecule has 1 aromatic rings. The van der Waals surface area contributed by atoms with Crippen LogP contribution in [-0.4, -0.2) is 86.8 Å². The predicted molar refractivity (Wildman–Crippen MR) is 135 cm³/mol. The number of β-lactam (4-membered cyclic amide) rings is 1. The van der Waals surface area contributed by atoms with Crippen LogP contribution in [0.5, 0.6) is 0 Å². The van der Waals surface area contributed by atoms with Gasteiger partial charge in [0.15, 0.2) is 0 Å². The number of carbonyl (C=O) groups is 3. The molecular weight excluding hydrogens is 513 g/mol. The number of hydrogen-bond acceptors (Lipinski definition) is 6. The summed E-state index contributed by atoms with van der Waals surface area (Å²) in [4.78, 5) is 43.4. The maximum atomic E-state index is 13.0. The molecule has 2 N–H and O–H groups in total. The van der Waals surface area contributed by atoms with E-state index in [9.17, 15) is 24.6 Å². The number of nitrogens with zero attached hydrogens (tertiary/aromatic N) is 3. The fourth-order valence-corrected chi connectivity index (χ4v) is 7.60. The number of rotatable bonds is 7. The number of aliphatic hydroxyl groups is 1. The van der Waals surface area contributed by atoms with Crippen LogP contribution in [0.15, 0.2) is 28.8 Å². The maximum Gasteiger partial charge on any atom is 0.353 e. The van der Waals surface area contributed by atoms with Crippen LogP contribution in [0.1, 0.15) is 25.8 Å². The van der Waals surface area contributed by atoms with Gasteiger partial charge in [-0.05, 0) is 37.1 Å². The molecule has 0 spiro atoms. The quantitative estimate of drug-likeness (QED) is 0.511. The first-order valence-electron chi connectivity index (χ1n) is 11.5. The highest BCUT2D eigenvalue weighted by Crippen LogP contribution is 2.52. The molecule has 3 heterocycles. The third-order valence-corrected chi connectivity index (χ3v) is 8.93. The lowest BCUT2D eigenvalue weighted by atomic mass is 9.79. The fourth-order valence-electron chi connectivity index (χ4n) is 5.47. The van der Waals surface area contributed by atoms with Crippen molar-refractivity contribution in [1.82, 2.24) is 14.7 Å². The topological polar surface area (TPSA) is 101 Å². The molecule has 3 aliphatic rings. The van der Waals surface area contributed by atoms with Crippen LogP contribution in [-0.2, 0) is 20.9 Å². The highest BCUT2D eigenvalue weighted by atomic mass is 35.5. The number of aliphatic hydroxyl groups excluding tert-OH is 1. The lowest BCUT2D eigenvalue weighted by Crippen LogP contribution is -2.63. The summed E-state index contributed by atoms with van der Waals surface area (Å²) in [5.41, 5.74) is 0.892. The van der Waals surface area contributed by atoms with Crippen molar-refractivity contribution in [1.29, 1.82) is 0 Å². The highest BCUT2D eigenvalue weighted by Gasteiger charge is 2.60. The van der Waals surface area contributed by atoms with E-state index in [1.807, 2.05) is 19.1 Å². The zero-order valence-corrected chi connectivity index (χ0v) is 22.3. The molecule has 4 rings (SSSR count). The summed E-state index contributed by atoms with van der Waals surface area (Å²) >= 11 is 13.8. The van der Waals surface area contributed by atoms with E-state index in [1.165, 1.54) is 16.7 Å². The van der Waals surface area contributed by atoms with Crippen LogP contribution in [0.25, 0.3) is 0 Å². The van der Waals surface area contributed by atoms with Gasteiger partial charge in [-0.25, -0.2) is 4.79 Å². The third kappa shape index (κ3) is 4.81. The van der Waals surface area contributed by atoms with Crippen LogP contribution in [0.2, 0.25) is 10.0 Å². The Labute approximate surface area is 218 Å². The lowest BCUT2D eigenvalue weighted by Gasteiger charge is -2.46. The summed E-state index contributed by atoms with van der Waals surface area (Å²) in [7, 11) is 3.43. The first-order chi connectivity index (χ1) is 16.4. The van der Waals surface area contributed by atoms with Crippen molar-refractivity contribution in [2.75, 3.05) is 20.6 Å². The maximum absolute atomic E-state index is 13.0. The summed E-state index contributed by atoms with van der Waals surface area (Å²) in [6.45, 7) is 4.49.